The number of sulfonamides is 1. The minimum Gasteiger partial charge on any atom is -0.355 e. The van der Waals surface area contributed by atoms with Gasteiger partial charge in [-0.25, -0.2) is 13.1 Å². The number of amides is 1. The Bertz CT molecular complexity index is 381. The predicted molar refractivity (Wildman–Crippen MR) is 82.3 cm³/mol. The first-order valence-electron chi connectivity index (χ1n) is 6.89. The van der Waals surface area contributed by atoms with Crippen molar-refractivity contribution >= 4 is 28.3 Å². The zero-order valence-corrected chi connectivity index (χ0v) is 13.6. The van der Waals surface area contributed by atoms with Crippen LogP contribution in [-0.2, 0) is 14.8 Å². The maximum atomic E-state index is 11.8. The van der Waals surface area contributed by atoms with Crippen LogP contribution in [0.4, 0.5) is 0 Å². The predicted octanol–water partition coefficient (Wildman–Crippen LogP) is 0.371. The molecule has 0 aromatic rings. The minimum absolute atomic E-state index is 0. The van der Waals surface area contributed by atoms with Gasteiger partial charge < -0.3 is 11.1 Å². The third-order valence-electron chi connectivity index (χ3n) is 3.39. The number of hydrogen-bond acceptors (Lipinski definition) is 4. The Hall–Kier alpha value is -0.370. The van der Waals surface area contributed by atoms with E-state index in [1.54, 1.807) is 0 Å². The highest BCUT2D eigenvalue weighted by Gasteiger charge is 2.24. The van der Waals surface area contributed by atoms with E-state index >= 15 is 0 Å². The molecule has 0 aromatic heterocycles. The first kappa shape index (κ1) is 19.6. The lowest BCUT2D eigenvalue weighted by atomic mass is 9.88. The van der Waals surface area contributed by atoms with Crippen molar-refractivity contribution in [3.05, 3.63) is 0 Å². The summed E-state index contributed by atoms with van der Waals surface area (Å²) in [6, 6.07) is -0.0157. The third-order valence-corrected chi connectivity index (χ3v) is 4.72. The van der Waals surface area contributed by atoms with Crippen LogP contribution in [0.3, 0.4) is 0 Å². The van der Waals surface area contributed by atoms with Crippen LogP contribution in [0.1, 0.15) is 39.0 Å². The maximum Gasteiger partial charge on any atom is 0.236 e. The largest absolute Gasteiger partial charge is 0.355 e. The molecule has 1 rings (SSSR count). The van der Waals surface area contributed by atoms with E-state index in [0.717, 1.165) is 25.7 Å². The van der Waals surface area contributed by atoms with E-state index in [1.165, 1.54) is 0 Å². The number of rotatable bonds is 7. The van der Waals surface area contributed by atoms with Gasteiger partial charge in [-0.3, -0.25) is 4.79 Å². The fourth-order valence-electron chi connectivity index (χ4n) is 2.23. The Morgan fingerprint density at radius 1 is 1.25 bits per heavy atom. The monoisotopic (exact) mass is 327 g/mol. The van der Waals surface area contributed by atoms with Gasteiger partial charge in [0.1, 0.15) is 5.75 Å². The van der Waals surface area contributed by atoms with Gasteiger partial charge in [0.15, 0.2) is 0 Å². The Morgan fingerprint density at radius 2 is 1.85 bits per heavy atom. The summed E-state index contributed by atoms with van der Waals surface area (Å²) in [5.41, 5.74) is 5.29. The van der Waals surface area contributed by atoms with Gasteiger partial charge in [-0.1, -0.05) is 6.92 Å². The van der Waals surface area contributed by atoms with Crippen molar-refractivity contribution in [2.24, 2.45) is 11.7 Å². The molecule has 6 nitrogen and oxygen atoms in total. The molecule has 0 aromatic carbocycles. The normalized spacial score (nSPS) is 22.9. The summed E-state index contributed by atoms with van der Waals surface area (Å²) >= 11 is 0. The van der Waals surface area contributed by atoms with Crippen molar-refractivity contribution in [3.8, 4) is 0 Å². The van der Waals surface area contributed by atoms with Crippen LogP contribution < -0.4 is 15.8 Å². The number of nitrogens with two attached hydrogens (primary N) is 1. The second kappa shape index (κ2) is 9.55. The van der Waals surface area contributed by atoms with Crippen molar-refractivity contribution in [2.75, 3.05) is 18.8 Å². The summed E-state index contributed by atoms with van der Waals surface area (Å²) in [4.78, 5) is 11.5. The van der Waals surface area contributed by atoms with Gasteiger partial charge in [0.05, 0.1) is 0 Å². The van der Waals surface area contributed by atoms with E-state index in [-0.39, 0.29) is 18.4 Å². The van der Waals surface area contributed by atoms with Crippen molar-refractivity contribution < 1.29 is 13.2 Å². The second-order valence-electron chi connectivity index (χ2n) is 5.33. The second-order valence-corrected chi connectivity index (χ2v) is 7.08. The van der Waals surface area contributed by atoms with E-state index in [4.69, 9.17) is 5.73 Å². The Kier molecular flexibility index (Phi) is 9.37. The first-order chi connectivity index (χ1) is 8.93. The van der Waals surface area contributed by atoms with Crippen LogP contribution in [0.25, 0.3) is 0 Å². The van der Waals surface area contributed by atoms with Crippen LogP contribution in [-0.4, -0.2) is 39.2 Å². The molecule has 1 amide bonds. The quantitative estimate of drug-likeness (QED) is 0.588. The molecule has 0 heterocycles. The van der Waals surface area contributed by atoms with E-state index < -0.39 is 21.7 Å². The Balaban J connectivity index is 0.00000361. The number of carbonyl (C=O) groups is 1. The van der Waals surface area contributed by atoms with Crippen LogP contribution in [0, 0.1) is 5.92 Å². The van der Waals surface area contributed by atoms with E-state index in [1.807, 2.05) is 0 Å². The summed E-state index contributed by atoms with van der Waals surface area (Å²) in [7, 11) is -3.53. The highest BCUT2D eigenvalue weighted by Crippen LogP contribution is 2.23. The molecule has 0 saturated heterocycles. The Labute approximate surface area is 127 Å². The van der Waals surface area contributed by atoms with E-state index in [9.17, 15) is 13.2 Å². The van der Waals surface area contributed by atoms with E-state index in [0.29, 0.717) is 25.4 Å². The van der Waals surface area contributed by atoms with Gasteiger partial charge in [-0.05, 0) is 44.6 Å². The molecule has 20 heavy (non-hydrogen) atoms. The number of carbonyl (C=O) groups excluding carboxylic acids is 1. The number of hydrogen-bond donors (Lipinski definition) is 3. The molecular formula is C12H26ClN3O3S. The molecule has 0 aliphatic heterocycles. The van der Waals surface area contributed by atoms with Crippen molar-refractivity contribution in [1.29, 1.82) is 0 Å². The SMILES string of the molecule is CC1CCC(NS(=O)(=O)CC(=O)NCCCN)CC1.Cl. The lowest BCUT2D eigenvalue weighted by molar-refractivity contribution is -0.118. The molecule has 120 valence electrons. The highest BCUT2D eigenvalue weighted by atomic mass is 35.5. The zero-order valence-electron chi connectivity index (χ0n) is 11.9. The standard InChI is InChI=1S/C12H25N3O3S.ClH/c1-10-3-5-11(6-4-10)15-19(17,18)9-12(16)14-8-2-7-13;/h10-11,15H,2-9,13H2,1H3,(H,14,16);1H. The molecule has 1 fully saturated rings. The summed E-state index contributed by atoms with van der Waals surface area (Å²) < 4.78 is 26.3. The van der Waals surface area contributed by atoms with Crippen molar-refractivity contribution in [1.82, 2.24) is 10.0 Å². The molecule has 8 heteroatoms. The first-order valence-corrected chi connectivity index (χ1v) is 8.55. The minimum atomic E-state index is -3.53. The van der Waals surface area contributed by atoms with Gasteiger partial charge >= 0.3 is 0 Å². The average Bonchev–Trinajstić information content (AvgIpc) is 2.31. The molecule has 1 aliphatic rings. The van der Waals surface area contributed by atoms with Gasteiger partial charge in [0, 0.05) is 12.6 Å². The fraction of sp³-hybridized carbons (Fsp3) is 0.917. The lowest BCUT2D eigenvalue weighted by Crippen LogP contribution is -2.42. The molecule has 1 saturated carbocycles. The summed E-state index contributed by atoms with van der Waals surface area (Å²) in [5.74, 6) is -0.297. The Morgan fingerprint density at radius 3 is 2.40 bits per heavy atom. The topological polar surface area (TPSA) is 101 Å². The molecular weight excluding hydrogens is 302 g/mol. The maximum absolute atomic E-state index is 11.8. The van der Waals surface area contributed by atoms with Gasteiger partial charge in [0.25, 0.3) is 0 Å². The summed E-state index contributed by atoms with van der Waals surface area (Å²) in [6.45, 7) is 3.08. The fourth-order valence-corrected chi connectivity index (χ4v) is 3.50. The van der Waals surface area contributed by atoms with E-state index in [2.05, 4.69) is 17.0 Å². The van der Waals surface area contributed by atoms with Gasteiger partial charge in [0.2, 0.25) is 15.9 Å². The van der Waals surface area contributed by atoms with Crippen LogP contribution in [0.15, 0.2) is 0 Å². The lowest BCUT2D eigenvalue weighted by Gasteiger charge is -2.26. The third kappa shape index (κ3) is 8.04. The summed E-state index contributed by atoms with van der Waals surface area (Å²) in [5, 5.41) is 2.55. The molecule has 4 N–H and O–H groups in total. The number of halogens is 1. The molecule has 0 unspecified atom stereocenters. The van der Waals surface area contributed by atoms with Gasteiger partial charge in [-0.2, -0.15) is 0 Å². The summed E-state index contributed by atoms with van der Waals surface area (Å²) in [6.07, 6.45) is 4.44. The molecule has 0 bridgehead atoms. The molecule has 0 spiro atoms. The van der Waals surface area contributed by atoms with Crippen molar-refractivity contribution in [2.45, 2.75) is 45.1 Å². The van der Waals surface area contributed by atoms with Crippen molar-refractivity contribution in [3.63, 3.8) is 0 Å². The van der Waals surface area contributed by atoms with Crippen LogP contribution in [0.2, 0.25) is 0 Å². The molecule has 0 atom stereocenters. The van der Waals surface area contributed by atoms with Crippen LogP contribution in [0.5, 0.6) is 0 Å². The average molecular weight is 328 g/mol. The van der Waals surface area contributed by atoms with Crippen LogP contribution >= 0.6 is 12.4 Å². The zero-order chi connectivity index (χ0) is 14.3. The smallest absolute Gasteiger partial charge is 0.236 e. The number of nitrogens with one attached hydrogen (secondary N) is 2. The highest BCUT2D eigenvalue weighted by molar-refractivity contribution is 7.90. The molecule has 1 aliphatic carbocycles. The van der Waals surface area contributed by atoms with Gasteiger partial charge in [-0.15, -0.1) is 12.4 Å². The molecule has 0 radical (unpaired) electrons.